The lowest BCUT2D eigenvalue weighted by Gasteiger charge is -2.07. The molecule has 1 amide bonds. The smallest absolute Gasteiger partial charge is 0.358 e. The number of halogens is 2. The van der Waals surface area contributed by atoms with E-state index in [2.05, 4.69) is 10.3 Å². The number of amides is 1. The molecule has 5 nitrogen and oxygen atoms in total. The van der Waals surface area contributed by atoms with Crippen LogP contribution in [0.1, 0.15) is 16.1 Å². The monoisotopic (exact) mass is 420 g/mol. The molecule has 138 valence electrons. The lowest BCUT2D eigenvalue weighted by molar-refractivity contribution is -0.124. The van der Waals surface area contributed by atoms with Crippen molar-refractivity contribution >= 4 is 46.4 Å². The maximum Gasteiger partial charge on any atom is 0.358 e. The lowest BCUT2D eigenvalue weighted by Crippen LogP contribution is -2.28. The summed E-state index contributed by atoms with van der Waals surface area (Å²) in [6, 6.07) is 14.5. The van der Waals surface area contributed by atoms with Gasteiger partial charge in [0.1, 0.15) is 5.01 Å². The standard InChI is InChI=1S/C19H14Cl2N2O3S/c20-14-7-6-13(15(21)8-14)9-22-17(24)10-26-19(25)16-11-27-18(23-16)12-4-2-1-3-5-12/h1-8,11H,9-10H2,(H,22,24). The molecule has 0 aliphatic rings. The Hall–Kier alpha value is -2.41. The molecule has 0 radical (unpaired) electrons. The van der Waals surface area contributed by atoms with Crippen molar-refractivity contribution in [1.29, 1.82) is 0 Å². The Balaban J connectivity index is 1.50. The average molecular weight is 421 g/mol. The number of nitrogens with one attached hydrogen (secondary N) is 1. The third-order valence-electron chi connectivity index (χ3n) is 3.56. The van der Waals surface area contributed by atoms with Crippen LogP contribution in [-0.4, -0.2) is 23.5 Å². The molecule has 3 rings (SSSR count). The highest BCUT2D eigenvalue weighted by Gasteiger charge is 2.15. The van der Waals surface area contributed by atoms with Crippen molar-refractivity contribution < 1.29 is 14.3 Å². The number of esters is 1. The van der Waals surface area contributed by atoms with Crippen molar-refractivity contribution in [1.82, 2.24) is 10.3 Å². The van der Waals surface area contributed by atoms with Gasteiger partial charge in [-0.1, -0.05) is 59.6 Å². The van der Waals surface area contributed by atoms with Gasteiger partial charge in [-0.15, -0.1) is 11.3 Å². The summed E-state index contributed by atoms with van der Waals surface area (Å²) in [5, 5.41) is 5.93. The first-order valence-corrected chi connectivity index (χ1v) is 9.55. The average Bonchev–Trinajstić information content (AvgIpc) is 3.16. The van der Waals surface area contributed by atoms with Crippen LogP contribution in [0.3, 0.4) is 0 Å². The molecule has 3 aromatic rings. The summed E-state index contributed by atoms with van der Waals surface area (Å²) in [7, 11) is 0. The molecule has 0 spiro atoms. The van der Waals surface area contributed by atoms with Crippen LogP contribution in [0, 0.1) is 0 Å². The number of carbonyl (C=O) groups is 2. The zero-order valence-electron chi connectivity index (χ0n) is 13.9. The van der Waals surface area contributed by atoms with Gasteiger partial charge in [0.25, 0.3) is 5.91 Å². The van der Waals surface area contributed by atoms with Crippen molar-refractivity contribution in [3.63, 3.8) is 0 Å². The van der Waals surface area contributed by atoms with E-state index in [1.54, 1.807) is 23.6 Å². The van der Waals surface area contributed by atoms with Crippen molar-refractivity contribution in [2.45, 2.75) is 6.54 Å². The van der Waals surface area contributed by atoms with E-state index < -0.39 is 18.5 Å². The highest BCUT2D eigenvalue weighted by Crippen LogP contribution is 2.23. The SMILES string of the molecule is O=C(COC(=O)c1csc(-c2ccccc2)n1)NCc1ccc(Cl)cc1Cl. The summed E-state index contributed by atoms with van der Waals surface area (Å²) in [5.74, 6) is -1.08. The second-order valence-electron chi connectivity index (χ2n) is 5.49. The van der Waals surface area contributed by atoms with Gasteiger partial charge >= 0.3 is 5.97 Å². The molecule has 27 heavy (non-hydrogen) atoms. The third kappa shape index (κ3) is 5.29. The highest BCUT2D eigenvalue weighted by atomic mass is 35.5. The van der Waals surface area contributed by atoms with Crippen LogP contribution in [0.2, 0.25) is 10.0 Å². The number of hydrogen-bond acceptors (Lipinski definition) is 5. The van der Waals surface area contributed by atoms with E-state index in [1.165, 1.54) is 11.3 Å². The van der Waals surface area contributed by atoms with E-state index in [0.29, 0.717) is 20.6 Å². The van der Waals surface area contributed by atoms with Gasteiger partial charge in [-0.2, -0.15) is 0 Å². The van der Waals surface area contributed by atoms with E-state index in [4.69, 9.17) is 27.9 Å². The molecule has 1 N–H and O–H groups in total. The zero-order valence-corrected chi connectivity index (χ0v) is 16.3. The molecular weight excluding hydrogens is 407 g/mol. The number of nitrogens with zero attached hydrogens (tertiary/aromatic N) is 1. The van der Waals surface area contributed by atoms with Gasteiger partial charge in [-0.25, -0.2) is 9.78 Å². The Morgan fingerprint density at radius 2 is 1.89 bits per heavy atom. The first-order chi connectivity index (χ1) is 13.0. The second-order valence-corrected chi connectivity index (χ2v) is 7.19. The van der Waals surface area contributed by atoms with E-state index in [-0.39, 0.29) is 12.2 Å². The van der Waals surface area contributed by atoms with Crippen molar-refractivity contribution in [3.05, 3.63) is 75.2 Å². The van der Waals surface area contributed by atoms with Crippen molar-refractivity contribution in [2.24, 2.45) is 0 Å². The first kappa shape index (κ1) is 19.4. The van der Waals surface area contributed by atoms with Gasteiger partial charge in [0.05, 0.1) is 0 Å². The second kappa shape index (κ2) is 8.99. The minimum atomic E-state index is -0.645. The predicted molar refractivity (Wildman–Crippen MR) is 106 cm³/mol. The maximum atomic E-state index is 12.1. The minimum Gasteiger partial charge on any atom is -0.451 e. The molecule has 0 fully saturated rings. The Bertz CT molecular complexity index is 961. The largest absolute Gasteiger partial charge is 0.451 e. The van der Waals surface area contributed by atoms with E-state index >= 15 is 0 Å². The van der Waals surface area contributed by atoms with Crippen LogP contribution in [-0.2, 0) is 16.1 Å². The predicted octanol–water partition coefficient (Wildman–Crippen LogP) is 4.59. The van der Waals surface area contributed by atoms with Gasteiger partial charge in [-0.3, -0.25) is 4.79 Å². The first-order valence-electron chi connectivity index (χ1n) is 7.91. The maximum absolute atomic E-state index is 12.1. The van der Waals surface area contributed by atoms with Gasteiger partial charge < -0.3 is 10.1 Å². The molecule has 0 aliphatic heterocycles. The number of carbonyl (C=O) groups excluding carboxylic acids is 2. The Kier molecular flexibility index (Phi) is 6.45. The molecule has 0 aliphatic carbocycles. The van der Waals surface area contributed by atoms with Crippen LogP contribution < -0.4 is 5.32 Å². The molecule has 0 atom stereocenters. The van der Waals surface area contributed by atoms with Crippen LogP contribution >= 0.6 is 34.5 Å². The highest BCUT2D eigenvalue weighted by molar-refractivity contribution is 7.13. The summed E-state index contributed by atoms with van der Waals surface area (Å²) in [5.41, 5.74) is 1.80. The van der Waals surface area contributed by atoms with Gasteiger partial charge in [0.15, 0.2) is 12.3 Å². The lowest BCUT2D eigenvalue weighted by atomic mass is 10.2. The summed E-state index contributed by atoms with van der Waals surface area (Å²) < 4.78 is 5.02. The summed E-state index contributed by atoms with van der Waals surface area (Å²) in [4.78, 5) is 28.2. The normalized spacial score (nSPS) is 10.4. The molecule has 8 heteroatoms. The van der Waals surface area contributed by atoms with Crippen LogP contribution in [0.25, 0.3) is 10.6 Å². The number of thiazole rings is 1. The Morgan fingerprint density at radius 3 is 2.63 bits per heavy atom. The number of aromatic nitrogens is 1. The quantitative estimate of drug-likeness (QED) is 0.592. The summed E-state index contributed by atoms with van der Waals surface area (Å²) in [6.45, 7) is -0.191. The Morgan fingerprint density at radius 1 is 1.11 bits per heavy atom. The topological polar surface area (TPSA) is 68.3 Å². The molecule has 1 heterocycles. The van der Waals surface area contributed by atoms with E-state index in [1.807, 2.05) is 30.3 Å². The molecule has 0 saturated carbocycles. The fraction of sp³-hybridized carbons (Fsp3) is 0.105. The zero-order chi connectivity index (χ0) is 19.2. The van der Waals surface area contributed by atoms with Gasteiger partial charge in [-0.05, 0) is 17.7 Å². The van der Waals surface area contributed by atoms with Crippen LogP contribution in [0.15, 0.2) is 53.9 Å². The van der Waals surface area contributed by atoms with Gasteiger partial charge in [0, 0.05) is 27.5 Å². The van der Waals surface area contributed by atoms with Gasteiger partial charge in [0.2, 0.25) is 0 Å². The molecule has 1 aromatic heterocycles. The fourth-order valence-corrected chi connectivity index (χ4v) is 3.47. The molecule has 0 saturated heterocycles. The van der Waals surface area contributed by atoms with Crippen LogP contribution in [0.4, 0.5) is 0 Å². The summed E-state index contributed by atoms with van der Waals surface area (Å²) >= 11 is 13.2. The molecular formula is C19H14Cl2N2O3S. The van der Waals surface area contributed by atoms with E-state index in [0.717, 1.165) is 5.56 Å². The number of ether oxygens (including phenoxy) is 1. The third-order valence-corrected chi connectivity index (χ3v) is 5.04. The van der Waals surface area contributed by atoms with E-state index in [9.17, 15) is 9.59 Å². The Labute approximate surface area is 169 Å². The summed E-state index contributed by atoms with van der Waals surface area (Å²) in [6.07, 6.45) is 0. The molecule has 0 bridgehead atoms. The number of rotatable bonds is 6. The molecule has 2 aromatic carbocycles. The number of hydrogen-bond donors (Lipinski definition) is 1. The molecule has 0 unspecified atom stereocenters. The van der Waals surface area contributed by atoms with Crippen molar-refractivity contribution in [2.75, 3.05) is 6.61 Å². The number of benzene rings is 2. The van der Waals surface area contributed by atoms with Crippen LogP contribution in [0.5, 0.6) is 0 Å². The minimum absolute atomic E-state index is 0.174. The fourth-order valence-electron chi connectivity index (χ4n) is 2.20. The van der Waals surface area contributed by atoms with Crippen molar-refractivity contribution in [3.8, 4) is 10.6 Å².